The van der Waals surface area contributed by atoms with E-state index in [0.717, 1.165) is 21.2 Å². The van der Waals surface area contributed by atoms with Gasteiger partial charge in [-0.2, -0.15) is 0 Å². The van der Waals surface area contributed by atoms with Gasteiger partial charge in [-0.25, -0.2) is 15.0 Å². The lowest BCUT2D eigenvalue weighted by Gasteiger charge is -2.08. The predicted molar refractivity (Wildman–Crippen MR) is 107 cm³/mol. The van der Waals surface area contributed by atoms with E-state index in [9.17, 15) is 0 Å². The first-order valence-corrected chi connectivity index (χ1v) is 8.87. The second kappa shape index (κ2) is 7.99. The molecule has 124 valence electrons. The number of halogens is 1. The van der Waals surface area contributed by atoms with Gasteiger partial charge in [0, 0.05) is 21.2 Å². The minimum Gasteiger partial charge on any atom is -0.208 e. The van der Waals surface area contributed by atoms with Crippen molar-refractivity contribution in [3.63, 3.8) is 0 Å². The monoisotopic (exact) mass is 391 g/mol. The zero-order valence-electron chi connectivity index (χ0n) is 14.1. The van der Waals surface area contributed by atoms with E-state index in [1.165, 1.54) is 0 Å². The molecule has 3 aromatic rings. The molecular weight excluding hydrogens is 374 g/mol. The summed E-state index contributed by atoms with van der Waals surface area (Å²) >= 11 is 3.47. The fourth-order valence-electron chi connectivity index (χ4n) is 2.43. The Morgan fingerprint density at radius 1 is 0.800 bits per heavy atom. The van der Waals surface area contributed by atoms with Crippen LogP contribution in [-0.4, -0.2) is 15.0 Å². The lowest BCUT2D eigenvalue weighted by atomic mass is 10.1. The number of benzene rings is 2. The van der Waals surface area contributed by atoms with Crippen molar-refractivity contribution >= 4 is 21.5 Å². The molecule has 2 aromatic carbocycles. The second-order valence-corrected chi connectivity index (χ2v) is 6.34. The maximum atomic E-state index is 4.69. The molecule has 25 heavy (non-hydrogen) atoms. The molecule has 0 atom stereocenters. The van der Waals surface area contributed by atoms with Crippen molar-refractivity contribution in [2.75, 3.05) is 0 Å². The van der Waals surface area contributed by atoms with Crippen LogP contribution in [0.5, 0.6) is 0 Å². The zero-order valence-corrected chi connectivity index (χ0v) is 15.7. The van der Waals surface area contributed by atoms with Crippen molar-refractivity contribution in [2.45, 2.75) is 13.8 Å². The molecule has 3 nitrogen and oxygen atoms in total. The molecule has 0 saturated heterocycles. The molecule has 0 aliphatic carbocycles. The molecule has 0 aliphatic heterocycles. The summed E-state index contributed by atoms with van der Waals surface area (Å²) in [5.74, 6) is 2.01. The summed E-state index contributed by atoms with van der Waals surface area (Å²) in [6.07, 6.45) is 6.01. The molecule has 0 bridgehead atoms. The first-order valence-electron chi connectivity index (χ1n) is 8.08. The summed E-state index contributed by atoms with van der Waals surface area (Å²) in [6, 6.07) is 18.0. The summed E-state index contributed by atoms with van der Waals surface area (Å²) < 4.78 is 1.02. The van der Waals surface area contributed by atoms with E-state index < -0.39 is 0 Å². The summed E-state index contributed by atoms with van der Waals surface area (Å²) in [6.45, 7) is 3.97. The Morgan fingerprint density at radius 2 is 1.40 bits per heavy atom. The average Bonchev–Trinajstić information content (AvgIpc) is 2.67. The number of allylic oxidation sites excluding steroid dienone is 4. The van der Waals surface area contributed by atoms with Gasteiger partial charge in [-0.15, -0.1) is 0 Å². The quantitative estimate of drug-likeness (QED) is 0.515. The molecule has 3 rings (SSSR count). The smallest absolute Gasteiger partial charge is 0.164 e. The minimum absolute atomic E-state index is 0.667. The van der Waals surface area contributed by atoms with Crippen molar-refractivity contribution < 1.29 is 0 Å². The van der Waals surface area contributed by atoms with Gasteiger partial charge < -0.3 is 0 Å². The molecular formula is C21H18BrN3. The van der Waals surface area contributed by atoms with Crippen LogP contribution in [0, 0.1) is 0 Å². The highest BCUT2D eigenvalue weighted by Crippen LogP contribution is 2.24. The van der Waals surface area contributed by atoms with Crippen LogP contribution >= 0.6 is 15.9 Å². The lowest BCUT2D eigenvalue weighted by molar-refractivity contribution is 1.04. The van der Waals surface area contributed by atoms with E-state index in [4.69, 9.17) is 9.97 Å². The summed E-state index contributed by atoms with van der Waals surface area (Å²) in [4.78, 5) is 14.1. The van der Waals surface area contributed by atoms with E-state index in [1.54, 1.807) is 0 Å². The van der Waals surface area contributed by atoms with Crippen LogP contribution in [0.15, 0.2) is 77.3 Å². The van der Waals surface area contributed by atoms with Crippen LogP contribution in [-0.2, 0) is 0 Å². The molecule has 0 saturated carbocycles. The number of nitrogens with zero attached hydrogens (tertiary/aromatic N) is 3. The van der Waals surface area contributed by atoms with Gasteiger partial charge in [0.2, 0.25) is 0 Å². The van der Waals surface area contributed by atoms with Gasteiger partial charge in [0.25, 0.3) is 0 Å². The second-order valence-electron chi connectivity index (χ2n) is 5.42. The third-order valence-electron chi connectivity index (χ3n) is 3.69. The molecule has 0 aliphatic rings. The Hall–Kier alpha value is -2.59. The topological polar surface area (TPSA) is 38.7 Å². The van der Waals surface area contributed by atoms with Crippen molar-refractivity contribution in [2.24, 2.45) is 0 Å². The molecule has 1 heterocycles. The Kier molecular flexibility index (Phi) is 5.51. The fourth-order valence-corrected chi connectivity index (χ4v) is 2.69. The van der Waals surface area contributed by atoms with Crippen LogP contribution in [0.2, 0.25) is 0 Å². The van der Waals surface area contributed by atoms with E-state index in [0.29, 0.717) is 17.5 Å². The van der Waals surface area contributed by atoms with Crippen LogP contribution in [0.1, 0.15) is 19.7 Å². The Bertz CT molecular complexity index is 914. The van der Waals surface area contributed by atoms with Gasteiger partial charge in [0.05, 0.1) is 0 Å². The van der Waals surface area contributed by atoms with Gasteiger partial charge in [-0.1, -0.05) is 76.6 Å². The molecule has 0 spiro atoms. The first kappa shape index (κ1) is 17.2. The SMILES string of the molecule is C/C=C\C(=C/C)c1nc(-c2ccccc2)nc(-c2ccc(Br)cc2)n1. The van der Waals surface area contributed by atoms with Gasteiger partial charge in [0.1, 0.15) is 0 Å². The number of hydrogen-bond donors (Lipinski definition) is 0. The van der Waals surface area contributed by atoms with E-state index in [2.05, 4.69) is 20.9 Å². The number of aromatic nitrogens is 3. The highest BCUT2D eigenvalue weighted by Gasteiger charge is 2.12. The average molecular weight is 392 g/mol. The largest absolute Gasteiger partial charge is 0.208 e. The predicted octanol–water partition coefficient (Wildman–Crippen LogP) is 5.95. The molecule has 0 fully saturated rings. The molecule has 0 radical (unpaired) electrons. The van der Waals surface area contributed by atoms with Crippen LogP contribution in [0.25, 0.3) is 28.3 Å². The third kappa shape index (κ3) is 4.09. The normalized spacial score (nSPS) is 11.9. The molecule has 0 unspecified atom stereocenters. The maximum absolute atomic E-state index is 4.69. The first-order chi connectivity index (χ1) is 12.2. The zero-order chi connectivity index (χ0) is 17.6. The summed E-state index contributed by atoms with van der Waals surface area (Å²) in [5, 5.41) is 0. The van der Waals surface area contributed by atoms with E-state index in [-0.39, 0.29) is 0 Å². The third-order valence-corrected chi connectivity index (χ3v) is 4.21. The lowest BCUT2D eigenvalue weighted by Crippen LogP contribution is -2.02. The van der Waals surface area contributed by atoms with Crippen molar-refractivity contribution in [1.82, 2.24) is 15.0 Å². The molecule has 0 N–H and O–H groups in total. The van der Waals surface area contributed by atoms with E-state index in [1.807, 2.05) is 86.7 Å². The van der Waals surface area contributed by atoms with Crippen LogP contribution in [0.3, 0.4) is 0 Å². The Balaban J connectivity index is 2.19. The van der Waals surface area contributed by atoms with Gasteiger partial charge in [-0.05, 0) is 26.0 Å². The van der Waals surface area contributed by atoms with Gasteiger partial charge >= 0.3 is 0 Å². The molecule has 1 aromatic heterocycles. The fraction of sp³-hybridized carbons (Fsp3) is 0.0952. The van der Waals surface area contributed by atoms with Gasteiger partial charge in [0.15, 0.2) is 17.5 Å². The summed E-state index contributed by atoms with van der Waals surface area (Å²) in [7, 11) is 0. The minimum atomic E-state index is 0.667. The molecule has 4 heteroatoms. The standard InChI is InChI=1S/C21H18BrN3/c1-3-8-15(4-2)19-23-20(16-9-6-5-7-10-16)25-21(24-19)17-11-13-18(22)14-12-17/h3-14H,1-2H3/b8-3-,15-4+. The van der Waals surface area contributed by atoms with Crippen molar-refractivity contribution in [3.05, 3.63) is 83.1 Å². The van der Waals surface area contributed by atoms with Gasteiger partial charge in [-0.3, -0.25) is 0 Å². The number of hydrogen-bond acceptors (Lipinski definition) is 3. The van der Waals surface area contributed by atoms with Crippen LogP contribution in [0.4, 0.5) is 0 Å². The van der Waals surface area contributed by atoms with E-state index >= 15 is 0 Å². The molecule has 0 amide bonds. The highest BCUT2D eigenvalue weighted by molar-refractivity contribution is 9.10. The Morgan fingerprint density at radius 3 is 1.96 bits per heavy atom. The summed E-state index contributed by atoms with van der Waals surface area (Å²) in [5.41, 5.74) is 2.90. The van der Waals surface area contributed by atoms with Crippen molar-refractivity contribution in [1.29, 1.82) is 0 Å². The van der Waals surface area contributed by atoms with Crippen molar-refractivity contribution in [3.8, 4) is 22.8 Å². The Labute approximate surface area is 156 Å². The maximum Gasteiger partial charge on any atom is 0.164 e. The van der Waals surface area contributed by atoms with Crippen LogP contribution < -0.4 is 0 Å². The number of rotatable bonds is 4. The highest BCUT2D eigenvalue weighted by atomic mass is 79.9.